The molecule has 0 saturated heterocycles. The average Bonchev–Trinajstić information content (AvgIpc) is 2.41. The molecule has 1 aromatic heterocycles. The maximum absolute atomic E-state index is 13.6. The van der Waals surface area contributed by atoms with Gasteiger partial charge in [-0.25, -0.2) is 4.39 Å². The van der Waals surface area contributed by atoms with Crippen molar-refractivity contribution < 1.29 is 9.13 Å². The Morgan fingerprint density at radius 3 is 2.65 bits per heavy atom. The van der Waals surface area contributed by atoms with Crippen LogP contribution in [-0.2, 0) is 6.54 Å². The van der Waals surface area contributed by atoms with Crippen LogP contribution in [0.4, 0.5) is 4.39 Å². The van der Waals surface area contributed by atoms with Crippen LogP contribution in [0, 0.1) is 5.82 Å². The van der Waals surface area contributed by atoms with Crippen LogP contribution in [0.2, 0.25) is 0 Å². The van der Waals surface area contributed by atoms with Gasteiger partial charge in [0.05, 0.1) is 5.69 Å². The normalized spacial score (nSPS) is 10.8. The van der Waals surface area contributed by atoms with Gasteiger partial charge in [0.15, 0.2) is 11.6 Å². The van der Waals surface area contributed by atoms with E-state index in [-0.39, 0.29) is 11.6 Å². The lowest BCUT2D eigenvalue weighted by Gasteiger charge is -2.08. The number of ether oxygens (including phenoxy) is 1. The summed E-state index contributed by atoms with van der Waals surface area (Å²) in [5, 5.41) is 11.2. The highest BCUT2D eigenvalue weighted by Crippen LogP contribution is 2.25. The molecule has 0 aliphatic carbocycles. The molecule has 6 heteroatoms. The van der Waals surface area contributed by atoms with Gasteiger partial charge in [0.25, 0.3) is 0 Å². The first kappa shape index (κ1) is 14.9. The van der Waals surface area contributed by atoms with Crippen LogP contribution in [0.5, 0.6) is 11.6 Å². The molecule has 1 N–H and O–H groups in total. The molecule has 1 heterocycles. The minimum absolute atomic E-state index is 0.121. The van der Waals surface area contributed by atoms with Gasteiger partial charge in [-0.2, -0.15) is 5.10 Å². The first-order chi connectivity index (χ1) is 9.54. The van der Waals surface area contributed by atoms with Gasteiger partial charge in [-0.05, 0) is 24.3 Å². The lowest BCUT2D eigenvalue weighted by atomic mass is 10.3. The monoisotopic (exact) mass is 339 g/mol. The van der Waals surface area contributed by atoms with Crippen LogP contribution in [-0.4, -0.2) is 16.2 Å². The van der Waals surface area contributed by atoms with E-state index in [0.717, 1.165) is 5.69 Å². The molecule has 0 saturated carbocycles. The Kier molecular flexibility index (Phi) is 5.03. The molecule has 0 unspecified atom stereocenters. The van der Waals surface area contributed by atoms with E-state index in [0.29, 0.717) is 17.1 Å². The van der Waals surface area contributed by atoms with Crippen molar-refractivity contribution in [1.82, 2.24) is 15.5 Å². The van der Waals surface area contributed by atoms with Gasteiger partial charge in [0.1, 0.15) is 0 Å². The fourth-order valence-electron chi connectivity index (χ4n) is 1.48. The van der Waals surface area contributed by atoms with Crippen molar-refractivity contribution in [3.63, 3.8) is 0 Å². The fourth-order valence-corrected chi connectivity index (χ4v) is 1.81. The first-order valence-electron chi connectivity index (χ1n) is 6.23. The number of halogens is 2. The van der Waals surface area contributed by atoms with Gasteiger partial charge in [-0.15, -0.1) is 5.10 Å². The van der Waals surface area contributed by atoms with Gasteiger partial charge in [0, 0.05) is 23.1 Å². The zero-order valence-corrected chi connectivity index (χ0v) is 12.8. The summed E-state index contributed by atoms with van der Waals surface area (Å²) in [7, 11) is 0. The predicted octanol–water partition coefficient (Wildman–Crippen LogP) is 3.67. The second-order valence-corrected chi connectivity index (χ2v) is 5.49. The molecule has 2 rings (SSSR count). The molecule has 0 amide bonds. The maximum atomic E-state index is 13.6. The summed E-state index contributed by atoms with van der Waals surface area (Å²) in [6.45, 7) is 4.75. The molecule has 0 atom stereocenters. The lowest BCUT2D eigenvalue weighted by Crippen LogP contribution is -2.22. The van der Waals surface area contributed by atoms with Crippen LogP contribution in [0.1, 0.15) is 19.5 Å². The molecule has 0 fully saturated rings. The molecular formula is C14H15BrFN3O. The Morgan fingerprint density at radius 2 is 2.05 bits per heavy atom. The van der Waals surface area contributed by atoms with Crippen molar-refractivity contribution in [1.29, 1.82) is 0 Å². The molecule has 0 bridgehead atoms. The molecule has 106 valence electrons. The number of hydrogen-bond acceptors (Lipinski definition) is 4. The Hall–Kier alpha value is -1.53. The van der Waals surface area contributed by atoms with Crippen molar-refractivity contribution in [3.8, 4) is 11.6 Å². The summed E-state index contributed by atoms with van der Waals surface area (Å²) < 4.78 is 19.6. The topological polar surface area (TPSA) is 47.0 Å². The molecular weight excluding hydrogens is 325 g/mol. The zero-order chi connectivity index (χ0) is 14.5. The van der Waals surface area contributed by atoms with E-state index < -0.39 is 5.82 Å². The molecule has 4 nitrogen and oxygen atoms in total. The number of rotatable bonds is 5. The number of nitrogens with one attached hydrogen (secondary N) is 1. The Bertz CT molecular complexity index is 575. The molecule has 0 radical (unpaired) electrons. The lowest BCUT2D eigenvalue weighted by molar-refractivity contribution is 0.420. The largest absolute Gasteiger partial charge is 0.434 e. The van der Waals surface area contributed by atoms with Gasteiger partial charge in [-0.1, -0.05) is 29.8 Å². The average molecular weight is 340 g/mol. The third-order valence-corrected chi connectivity index (χ3v) is 2.99. The highest BCUT2D eigenvalue weighted by atomic mass is 79.9. The molecule has 0 spiro atoms. The quantitative estimate of drug-likeness (QED) is 0.902. The van der Waals surface area contributed by atoms with Gasteiger partial charge < -0.3 is 10.1 Å². The maximum Gasteiger partial charge on any atom is 0.239 e. The summed E-state index contributed by atoms with van der Waals surface area (Å²) in [5.74, 6) is -0.0678. The van der Waals surface area contributed by atoms with E-state index in [2.05, 4.69) is 45.3 Å². The van der Waals surface area contributed by atoms with Crippen molar-refractivity contribution >= 4 is 15.9 Å². The van der Waals surface area contributed by atoms with Gasteiger partial charge in [0.2, 0.25) is 5.88 Å². The number of hydrogen-bond donors (Lipinski definition) is 1. The number of aromatic nitrogens is 2. The van der Waals surface area contributed by atoms with Crippen molar-refractivity contribution in [2.24, 2.45) is 0 Å². The predicted molar refractivity (Wildman–Crippen MR) is 78.2 cm³/mol. The van der Waals surface area contributed by atoms with E-state index in [1.807, 2.05) is 0 Å². The van der Waals surface area contributed by atoms with Gasteiger partial charge >= 0.3 is 0 Å². The molecule has 0 aliphatic rings. The van der Waals surface area contributed by atoms with E-state index in [4.69, 9.17) is 4.74 Å². The number of benzene rings is 1. The van der Waals surface area contributed by atoms with Crippen LogP contribution in [0.3, 0.4) is 0 Å². The molecule has 1 aromatic carbocycles. The van der Waals surface area contributed by atoms with Crippen LogP contribution in [0.25, 0.3) is 0 Å². The standard InChI is InChI=1S/C14H15BrFN3O/c1-9(2)17-8-11-4-6-14(19-18-11)20-13-5-3-10(15)7-12(13)16/h3-7,9,17H,8H2,1-2H3. The second kappa shape index (κ2) is 6.76. The Balaban J connectivity index is 2.03. The summed E-state index contributed by atoms with van der Waals surface area (Å²) >= 11 is 3.19. The summed E-state index contributed by atoms with van der Waals surface area (Å²) in [5.41, 5.74) is 0.808. The third kappa shape index (κ3) is 4.25. The van der Waals surface area contributed by atoms with E-state index in [9.17, 15) is 4.39 Å². The SMILES string of the molecule is CC(C)NCc1ccc(Oc2ccc(Br)cc2F)nn1. The summed E-state index contributed by atoms with van der Waals surface area (Å²) in [4.78, 5) is 0. The van der Waals surface area contributed by atoms with Crippen LogP contribution >= 0.6 is 15.9 Å². The van der Waals surface area contributed by atoms with Crippen molar-refractivity contribution in [2.75, 3.05) is 0 Å². The van der Waals surface area contributed by atoms with Crippen LogP contribution < -0.4 is 10.1 Å². The molecule has 2 aromatic rings. The summed E-state index contributed by atoms with van der Waals surface area (Å²) in [6, 6.07) is 8.43. The summed E-state index contributed by atoms with van der Waals surface area (Å²) in [6.07, 6.45) is 0. The van der Waals surface area contributed by atoms with E-state index in [1.165, 1.54) is 12.1 Å². The second-order valence-electron chi connectivity index (χ2n) is 4.58. The molecule has 0 aliphatic heterocycles. The van der Waals surface area contributed by atoms with E-state index >= 15 is 0 Å². The Labute approximate surface area is 125 Å². The van der Waals surface area contributed by atoms with Gasteiger partial charge in [-0.3, -0.25) is 0 Å². The minimum Gasteiger partial charge on any atom is -0.434 e. The minimum atomic E-state index is -0.452. The molecule has 20 heavy (non-hydrogen) atoms. The highest BCUT2D eigenvalue weighted by molar-refractivity contribution is 9.10. The van der Waals surface area contributed by atoms with Crippen molar-refractivity contribution in [3.05, 3.63) is 46.3 Å². The van der Waals surface area contributed by atoms with E-state index in [1.54, 1.807) is 18.2 Å². The fraction of sp³-hybridized carbons (Fsp3) is 0.286. The Morgan fingerprint density at radius 1 is 1.25 bits per heavy atom. The first-order valence-corrected chi connectivity index (χ1v) is 7.03. The zero-order valence-electron chi connectivity index (χ0n) is 11.2. The van der Waals surface area contributed by atoms with Crippen LogP contribution in [0.15, 0.2) is 34.8 Å². The highest BCUT2D eigenvalue weighted by Gasteiger charge is 2.07. The smallest absolute Gasteiger partial charge is 0.239 e. The third-order valence-electron chi connectivity index (χ3n) is 2.50. The van der Waals surface area contributed by atoms with Crippen molar-refractivity contribution in [2.45, 2.75) is 26.4 Å². The number of nitrogens with zero attached hydrogens (tertiary/aromatic N) is 2.